The average molecular weight is 458 g/mol. The molecule has 1 aliphatic heterocycles. The summed E-state index contributed by atoms with van der Waals surface area (Å²) in [5.41, 5.74) is 1.41. The fraction of sp³-hybridized carbons (Fsp3) is 0.650. The lowest BCUT2D eigenvalue weighted by molar-refractivity contribution is 0.198. The molecule has 5 heteroatoms. The van der Waals surface area contributed by atoms with E-state index in [1.165, 1.54) is 37.7 Å². The molecule has 25 heavy (non-hydrogen) atoms. The molecule has 0 amide bonds. The second-order valence-corrected chi connectivity index (χ2v) is 6.65. The second kappa shape index (κ2) is 13.4. The summed E-state index contributed by atoms with van der Waals surface area (Å²) < 4.78 is 0. The summed E-state index contributed by atoms with van der Waals surface area (Å²) in [7, 11) is 0. The quantitative estimate of drug-likeness (QED) is 0.268. The lowest BCUT2D eigenvalue weighted by atomic mass is 10.0. The van der Waals surface area contributed by atoms with Crippen molar-refractivity contribution in [2.24, 2.45) is 4.99 Å². The zero-order chi connectivity index (χ0) is 17.0. The molecule has 0 atom stereocenters. The predicted octanol–water partition coefficient (Wildman–Crippen LogP) is 4.01. The molecule has 0 aliphatic carbocycles. The van der Waals surface area contributed by atoms with Crippen molar-refractivity contribution in [3.05, 3.63) is 35.9 Å². The van der Waals surface area contributed by atoms with Crippen molar-refractivity contribution < 1.29 is 0 Å². The first-order valence-corrected chi connectivity index (χ1v) is 9.63. The highest BCUT2D eigenvalue weighted by atomic mass is 127. The van der Waals surface area contributed by atoms with Gasteiger partial charge in [0.05, 0.1) is 0 Å². The van der Waals surface area contributed by atoms with Gasteiger partial charge in [-0.1, -0.05) is 50.1 Å². The van der Waals surface area contributed by atoms with Gasteiger partial charge in [0, 0.05) is 38.8 Å². The Kier molecular flexibility index (Phi) is 11.9. The molecule has 1 fully saturated rings. The van der Waals surface area contributed by atoms with E-state index in [-0.39, 0.29) is 24.0 Å². The van der Waals surface area contributed by atoms with E-state index in [9.17, 15) is 0 Å². The van der Waals surface area contributed by atoms with E-state index in [0.717, 1.165) is 38.7 Å². The molecule has 2 rings (SSSR count). The summed E-state index contributed by atoms with van der Waals surface area (Å²) in [5, 5.41) is 7.01. The topological polar surface area (TPSA) is 39.7 Å². The molecule has 4 nitrogen and oxygen atoms in total. The molecule has 0 saturated carbocycles. The van der Waals surface area contributed by atoms with Crippen LogP contribution in [0.5, 0.6) is 0 Å². The number of hydrogen-bond acceptors (Lipinski definition) is 2. The standard InChI is InChI=1S/C20H34N4.HI/c1-3-5-9-14-22-20(21-4-2)23-19-12-15-24(16-13-19)17-18-10-7-6-8-11-18;/h6-8,10-11,19H,3-5,9,12-17H2,1-2H3,(H2,21,22,23);1H. The molecule has 0 unspecified atom stereocenters. The number of aliphatic imine (C=N–C) groups is 1. The fourth-order valence-electron chi connectivity index (χ4n) is 3.14. The summed E-state index contributed by atoms with van der Waals surface area (Å²) in [6.07, 6.45) is 6.07. The van der Waals surface area contributed by atoms with Crippen LogP contribution in [0, 0.1) is 0 Å². The molecule has 1 heterocycles. The number of nitrogens with one attached hydrogen (secondary N) is 2. The minimum Gasteiger partial charge on any atom is -0.357 e. The molecule has 1 aromatic rings. The van der Waals surface area contributed by atoms with Crippen LogP contribution in [0.3, 0.4) is 0 Å². The Bertz CT molecular complexity index is 470. The van der Waals surface area contributed by atoms with Crippen molar-refractivity contribution in [3.8, 4) is 0 Å². The van der Waals surface area contributed by atoms with Gasteiger partial charge in [-0.25, -0.2) is 0 Å². The SMILES string of the molecule is CCCCCN=C(NCC)NC1CCN(Cc2ccccc2)CC1.I. The van der Waals surface area contributed by atoms with E-state index < -0.39 is 0 Å². The van der Waals surface area contributed by atoms with E-state index in [0.29, 0.717) is 6.04 Å². The Hall–Kier alpha value is -0.820. The summed E-state index contributed by atoms with van der Waals surface area (Å²) in [6, 6.07) is 11.3. The normalized spacial score (nSPS) is 16.3. The third kappa shape index (κ3) is 8.90. The van der Waals surface area contributed by atoms with Crippen LogP contribution < -0.4 is 10.6 Å². The minimum absolute atomic E-state index is 0. The van der Waals surface area contributed by atoms with E-state index in [2.05, 4.69) is 59.7 Å². The van der Waals surface area contributed by atoms with Crippen LogP contribution in [0.25, 0.3) is 0 Å². The highest BCUT2D eigenvalue weighted by Gasteiger charge is 2.19. The van der Waals surface area contributed by atoms with Crippen LogP contribution in [-0.2, 0) is 6.54 Å². The van der Waals surface area contributed by atoms with Crippen LogP contribution in [0.4, 0.5) is 0 Å². The molecule has 0 radical (unpaired) electrons. The van der Waals surface area contributed by atoms with Gasteiger partial charge in [0.1, 0.15) is 0 Å². The zero-order valence-electron chi connectivity index (χ0n) is 15.8. The van der Waals surface area contributed by atoms with Crippen LogP contribution >= 0.6 is 24.0 Å². The van der Waals surface area contributed by atoms with Gasteiger partial charge in [-0.05, 0) is 31.7 Å². The van der Waals surface area contributed by atoms with E-state index >= 15 is 0 Å². The maximum Gasteiger partial charge on any atom is 0.191 e. The van der Waals surface area contributed by atoms with Crippen molar-refractivity contribution in [2.45, 2.75) is 58.5 Å². The Balaban J connectivity index is 0.00000312. The Labute approximate surface area is 170 Å². The minimum atomic E-state index is 0. The van der Waals surface area contributed by atoms with Gasteiger partial charge in [-0.2, -0.15) is 0 Å². The summed E-state index contributed by atoms with van der Waals surface area (Å²) in [4.78, 5) is 7.27. The van der Waals surface area contributed by atoms with Gasteiger partial charge in [0.15, 0.2) is 5.96 Å². The van der Waals surface area contributed by atoms with Gasteiger partial charge < -0.3 is 10.6 Å². The van der Waals surface area contributed by atoms with Gasteiger partial charge >= 0.3 is 0 Å². The number of nitrogens with zero attached hydrogens (tertiary/aromatic N) is 2. The van der Waals surface area contributed by atoms with Gasteiger partial charge in [-0.15, -0.1) is 24.0 Å². The van der Waals surface area contributed by atoms with Crippen molar-refractivity contribution in [1.29, 1.82) is 0 Å². The molecular weight excluding hydrogens is 423 g/mol. The highest BCUT2D eigenvalue weighted by Crippen LogP contribution is 2.13. The maximum atomic E-state index is 4.71. The molecule has 1 aliphatic rings. The van der Waals surface area contributed by atoms with Crippen molar-refractivity contribution in [3.63, 3.8) is 0 Å². The summed E-state index contributed by atoms with van der Waals surface area (Å²) in [6.45, 7) is 9.59. The summed E-state index contributed by atoms with van der Waals surface area (Å²) >= 11 is 0. The first-order chi connectivity index (χ1) is 11.8. The van der Waals surface area contributed by atoms with Crippen molar-refractivity contribution in [1.82, 2.24) is 15.5 Å². The predicted molar refractivity (Wildman–Crippen MR) is 119 cm³/mol. The average Bonchev–Trinajstić information content (AvgIpc) is 2.61. The van der Waals surface area contributed by atoms with E-state index in [1.807, 2.05) is 0 Å². The van der Waals surface area contributed by atoms with Crippen LogP contribution in [0.1, 0.15) is 51.5 Å². The lowest BCUT2D eigenvalue weighted by Crippen LogP contribution is -2.48. The van der Waals surface area contributed by atoms with Gasteiger partial charge in [0.25, 0.3) is 0 Å². The monoisotopic (exact) mass is 458 g/mol. The number of likely N-dealkylation sites (tertiary alicyclic amines) is 1. The smallest absolute Gasteiger partial charge is 0.191 e. The van der Waals surface area contributed by atoms with Crippen molar-refractivity contribution in [2.75, 3.05) is 26.2 Å². The number of unbranched alkanes of at least 4 members (excludes halogenated alkanes) is 2. The third-order valence-corrected chi connectivity index (χ3v) is 4.55. The Morgan fingerprint density at radius 3 is 2.48 bits per heavy atom. The van der Waals surface area contributed by atoms with Gasteiger partial charge in [0.2, 0.25) is 0 Å². The van der Waals surface area contributed by atoms with Crippen LogP contribution in [0.2, 0.25) is 0 Å². The lowest BCUT2D eigenvalue weighted by Gasteiger charge is -2.33. The Morgan fingerprint density at radius 1 is 1.12 bits per heavy atom. The fourth-order valence-corrected chi connectivity index (χ4v) is 3.14. The maximum absolute atomic E-state index is 4.71. The zero-order valence-corrected chi connectivity index (χ0v) is 18.2. The van der Waals surface area contributed by atoms with Crippen molar-refractivity contribution >= 4 is 29.9 Å². The molecule has 2 N–H and O–H groups in total. The number of hydrogen-bond donors (Lipinski definition) is 2. The van der Waals surface area contributed by atoms with E-state index in [1.54, 1.807) is 0 Å². The highest BCUT2D eigenvalue weighted by molar-refractivity contribution is 14.0. The molecule has 0 bridgehead atoms. The number of halogens is 1. The third-order valence-electron chi connectivity index (χ3n) is 4.55. The number of rotatable bonds is 8. The first kappa shape index (κ1) is 22.2. The molecule has 142 valence electrons. The molecule has 1 saturated heterocycles. The molecule has 0 spiro atoms. The first-order valence-electron chi connectivity index (χ1n) is 9.63. The molecule has 1 aromatic carbocycles. The van der Waals surface area contributed by atoms with E-state index in [4.69, 9.17) is 4.99 Å². The molecule has 0 aromatic heterocycles. The largest absolute Gasteiger partial charge is 0.357 e. The van der Waals surface area contributed by atoms with Crippen LogP contribution in [-0.4, -0.2) is 43.1 Å². The second-order valence-electron chi connectivity index (χ2n) is 6.65. The summed E-state index contributed by atoms with van der Waals surface area (Å²) in [5.74, 6) is 0.995. The number of guanidine groups is 1. The molecular formula is C20H35IN4. The van der Waals surface area contributed by atoms with Crippen LogP contribution in [0.15, 0.2) is 35.3 Å². The number of benzene rings is 1. The number of piperidine rings is 1. The Morgan fingerprint density at radius 2 is 1.84 bits per heavy atom. The van der Waals surface area contributed by atoms with Gasteiger partial charge in [-0.3, -0.25) is 9.89 Å².